The Kier molecular flexibility index (Phi) is 8.63. The van der Waals surface area contributed by atoms with Gasteiger partial charge in [0.2, 0.25) is 0 Å². The van der Waals surface area contributed by atoms with Crippen molar-refractivity contribution >= 4 is 5.96 Å². The third kappa shape index (κ3) is 6.01. The van der Waals surface area contributed by atoms with Gasteiger partial charge in [-0.2, -0.15) is 0 Å². The van der Waals surface area contributed by atoms with E-state index in [1.807, 2.05) is 12.1 Å². The normalized spacial score (nSPS) is 22.0. The summed E-state index contributed by atoms with van der Waals surface area (Å²) in [5.41, 5.74) is 1.08. The maximum atomic E-state index is 6.34. The van der Waals surface area contributed by atoms with Crippen LogP contribution in [0.4, 0.5) is 0 Å². The molecule has 1 aromatic rings. The second-order valence-corrected chi connectivity index (χ2v) is 8.29. The molecule has 2 aliphatic rings. The van der Waals surface area contributed by atoms with Gasteiger partial charge in [-0.3, -0.25) is 9.89 Å². The summed E-state index contributed by atoms with van der Waals surface area (Å²) in [7, 11) is 3.50. The molecule has 168 valence electrons. The van der Waals surface area contributed by atoms with Gasteiger partial charge in [0, 0.05) is 44.3 Å². The van der Waals surface area contributed by atoms with E-state index in [0.717, 1.165) is 62.2 Å². The average molecular weight is 419 g/mol. The van der Waals surface area contributed by atoms with Crippen LogP contribution in [0, 0.1) is 0 Å². The highest BCUT2D eigenvalue weighted by molar-refractivity contribution is 5.79. The lowest BCUT2D eigenvalue weighted by Gasteiger charge is -2.38. The first-order chi connectivity index (χ1) is 14.6. The lowest BCUT2D eigenvalue weighted by Crippen LogP contribution is -2.52. The first-order valence-corrected chi connectivity index (χ1v) is 11.2. The Morgan fingerprint density at radius 3 is 2.80 bits per heavy atom. The van der Waals surface area contributed by atoms with E-state index < -0.39 is 0 Å². The van der Waals surface area contributed by atoms with Crippen LogP contribution in [0.15, 0.2) is 23.2 Å². The molecule has 2 atom stereocenters. The molecule has 2 fully saturated rings. The summed E-state index contributed by atoms with van der Waals surface area (Å²) >= 11 is 0. The molecule has 2 unspecified atom stereocenters. The van der Waals surface area contributed by atoms with Crippen LogP contribution < -0.4 is 20.1 Å². The molecular weight excluding hydrogens is 380 g/mol. The molecule has 30 heavy (non-hydrogen) atoms. The number of hydrogen-bond donors (Lipinski definition) is 2. The number of para-hydroxylation sites is 1. The second-order valence-electron chi connectivity index (χ2n) is 8.29. The number of hydrogen-bond acceptors (Lipinski definition) is 5. The number of morpholine rings is 1. The fraction of sp³-hybridized carbons (Fsp3) is 0.696. The van der Waals surface area contributed by atoms with E-state index in [0.29, 0.717) is 18.6 Å². The maximum Gasteiger partial charge on any atom is 0.191 e. The fourth-order valence-corrected chi connectivity index (χ4v) is 4.32. The van der Waals surface area contributed by atoms with Crippen molar-refractivity contribution in [3.8, 4) is 11.5 Å². The third-order valence-corrected chi connectivity index (χ3v) is 6.09. The summed E-state index contributed by atoms with van der Waals surface area (Å²) in [5, 5.41) is 6.89. The number of ether oxygens (including phenoxy) is 3. The number of aliphatic imine (C=N–C) groups is 1. The Hall–Kier alpha value is -1.99. The van der Waals surface area contributed by atoms with Crippen molar-refractivity contribution in [2.45, 2.75) is 64.3 Å². The predicted molar refractivity (Wildman–Crippen MR) is 121 cm³/mol. The number of methoxy groups -OCH3 is 1. The fourth-order valence-electron chi connectivity index (χ4n) is 4.32. The predicted octanol–water partition coefficient (Wildman–Crippen LogP) is 2.79. The standard InChI is InChI=1S/C23H38N4O3/c1-17(27-12-13-29-16-18(27)2)14-25-23(24-3)26-15-19-8-7-11-21(28-4)22(19)30-20-9-5-6-10-20/h7-8,11,17-18,20H,5-6,9-10,12-16H2,1-4H3,(H2,24,25,26). The molecule has 0 aromatic heterocycles. The van der Waals surface area contributed by atoms with Crippen LogP contribution in [-0.4, -0.2) is 69.5 Å². The van der Waals surface area contributed by atoms with Crippen LogP contribution >= 0.6 is 0 Å². The zero-order chi connectivity index (χ0) is 21.3. The zero-order valence-electron chi connectivity index (χ0n) is 18.9. The van der Waals surface area contributed by atoms with E-state index in [1.54, 1.807) is 14.2 Å². The number of nitrogens with one attached hydrogen (secondary N) is 2. The van der Waals surface area contributed by atoms with Gasteiger partial charge < -0.3 is 24.8 Å². The summed E-state index contributed by atoms with van der Waals surface area (Å²) in [6.45, 7) is 8.50. The van der Waals surface area contributed by atoms with E-state index in [1.165, 1.54) is 12.8 Å². The van der Waals surface area contributed by atoms with Crippen LogP contribution in [0.25, 0.3) is 0 Å². The second kappa shape index (κ2) is 11.4. The quantitative estimate of drug-likeness (QED) is 0.500. The number of rotatable bonds is 8. The minimum atomic E-state index is 0.286. The Bertz CT molecular complexity index is 691. The maximum absolute atomic E-state index is 6.34. The van der Waals surface area contributed by atoms with Crippen molar-refractivity contribution in [3.05, 3.63) is 23.8 Å². The Balaban J connectivity index is 1.56. The van der Waals surface area contributed by atoms with E-state index in [9.17, 15) is 0 Å². The summed E-state index contributed by atoms with van der Waals surface area (Å²) in [4.78, 5) is 6.88. The molecule has 1 saturated heterocycles. The monoisotopic (exact) mass is 418 g/mol. The van der Waals surface area contributed by atoms with Crippen LogP contribution in [0.5, 0.6) is 11.5 Å². The Morgan fingerprint density at radius 2 is 2.10 bits per heavy atom. The van der Waals surface area contributed by atoms with Crippen molar-refractivity contribution in [1.29, 1.82) is 0 Å². The molecule has 1 heterocycles. The smallest absolute Gasteiger partial charge is 0.191 e. The number of guanidine groups is 1. The van der Waals surface area contributed by atoms with Crippen molar-refractivity contribution in [2.24, 2.45) is 4.99 Å². The van der Waals surface area contributed by atoms with Gasteiger partial charge in [-0.15, -0.1) is 0 Å². The van der Waals surface area contributed by atoms with Gasteiger partial charge in [0.1, 0.15) is 0 Å². The van der Waals surface area contributed by atoms with Gasteiger partial charge in [0.15, 0.2) is 17.5 Å². The summed E-state index contributed by atoms with van der Waals surface area (Å²) < 4.78 is 17.5. The minimum Gasteiger partial charge on any atom is -0.493 e. The van der Waals surface area contributed by atoms with E-state index >= 15 is 0 Å². The van der Waals surface area contributed by atoms with Crippen molar-refractivity contribution in [2.75, 3.05) is 40.5 Å². The van der Waals surface area contributed by atoms with Crippen molar-refractivity contribution in [1.82, 2.24) is 15.5 Å². The molecule has 0 radical (unpaired) electrons. The molecule has 3 rings (SSSR count). The SMILES string of the molecule is CN=C(NCc1cccc(OC)c1OC1CCCC1)NCC(C)N1CCOCC1C. The number of benzene rings is 1. The molecular formula is C23H38N4O3. The highest BCUT2D eigenvalue weighted by Gasteiger charge is 2.24. The Morgan fingerprint density at radius 1 is 1.30 bits per heavy atom. The van der Waals surface area contributed by atoms with Crippen molar-refractivity contribution in [3.63, 3.8) is 0 Å². The molecule has 2 N–H and O–H groups in total. The summed E-state index contributed by atoms with van der Waals surface area (Å²) in [6.07, 6.45) is 5.00. The summed E-state index contributed by atoms with van der Waals surface area (Å²) in [5.74, 6) is 2.43. The molecule has 7 heteroatoms. The zero-order valence-corrected chi connectivity index (χ0v) is 18.9. The molecule has 1 saturated carbocycles. The lowest BCUT2D eigenvalue weighted by molar-refractivity contribution is -0.0174. The highest BCUT2D eigenvalue weighted by atomic mass is 16.5. The van der Waals surface area contributed by atoms with Gasteiger partial charge >= 0.3 is 0 Å². The van der Waals surface area contributed by atoms with Gasteiger partial charge in [0.25, 0.3) is 0 Å². The molecule has 1 aliphatic carbocycles. The molecule has 1 aliphatic heterocycles. The van der Waals surface area contributed by atoms with E-state index in [2.05, 4.69) is 40.4 Å². The van der Waals surface area contributed by atoms with E-state index in [4.69, 9.17) is 14.2 Å². The summed E-state index contributed by atoms with van der Waals surface area (Å²) in [6, 6.07) is 6.91. The van der Waals surface area contributed by atoms with Gasteiger partial charge in [0.05, 0.1) is 26.4 Å². The van der Waals surface area contributed by atoms with Crippen LogP contribution in [0.3, 0.4) is 0 Å². The molecule has 0 bridgehead atoms. The van der Waals surface area contributed by atoms with Crippen LogP contribution in [0.1, 0.15) is 45.1 Å². The van der Waals surface area contributed by atoms with Gasteiger partial charge in [-0.25, -0.2) is 0 Å². The third-order valence-electron chi connectivity index (χ3n) is 6.09. The van der Waals surface area contributed by atoms with Crippen LogP contribution in [-0.2, 0) is 11.3 Å². The highest BCUT2D eigenvalue weighted by Crippen LogP contribution is 2.34. The first kappa shape index (κ1) is 22.7. The Labute approximate surface area is 181 Å². The molecule has 0 spiro atoms. The van der Waals surface area contributed by atoms with Crippen LogP contribution in [0.2, 0.25) is 0 Å². The number of nitrogens with zero attached hydrogens (tertiary/aromatic N) is 2. The molecule has 7 nitrogen and oxygen atoms in total. The topological polar surface area (TPSA) is 67.4 Å². The first-order valence-electron chi connectivity index (χ1n) is 11.2. The minimum absolute atomic E-state index is 0.286. The van der Waals surface area contributed by atoms with E-state index in [-0.39, 0.29) is 6.10 Å². The average Bonchev–Trinajstić information content (AvgIpc) is 3.28. The van der Waals surface area contributed by atoms with Gasteiger partial charge in [-0.05, 0) is 45.6 Å². The lowest BCUT2D eigenvalue weighted by atomic mass is 10.1. The largest absolute Gasteiger partial charge is 0.493 e. The van der Waals surface area contributed by atoms with Crippen molar-refractivity contribution < 1.29 is 14.2 Å². The molecule has 0 amide bonds. The van der Waals surface area contributed by atoms with Gasteiger partial charge in [-0.1, -0.05) is 12.1 Å². The molecule has 1 aromatic carbocycles.